The minimum absolute atomic E-state index is 0.457. The lowest BCUT2D eigenvalue weighted by molar-refractivity contribution is 0.0696. The molecule has 2 nitrogen and oxygen atoms in total. The van der Waals surface area contributed by atoms with Crippen LogP contribution in [0.4, 0.5) is 0 Å². The fourth-order valence-electron chi connectivity index (χ4n) is 2.75. The molecule has 1 N–H and O–H groups in total. The van der Waals surface area contributed by atoms with E-state index >= 15 is 0 Å². The van der Waals surface area contributed by atoms with Crippen molar-refractivity contribution in [2.45, 2.75) is 45.4 Å². The molecule has 1 aliphatic carbocycles. The quantitative estimate of drug-likeness (QED) is 0.860. The molecule has 2 rings (SSSR count). The molecule has 1 aliphatic rings. The van der Waals surface area contributed by atoms with Crippen molar-refractivity contribution in [1.29, 1.82) is 0 Å². The van der Waals surface area contributed by atoms with E-state index in [-0.39, 0.29) is 0 Å². The maximum absolute atomic E-state index is 11.1. The van der Waals surface area contributed by atoms with Crippen LogP contribution in [0.15, 0.2) is 18.2 Å². The third-order valence-electron chi connectivity index (χ3n) is 3.78. The van der Waals surface area contributed by atoms with Crippen LogP contribution in [-0.2, 0) is 6.42 Å². The summed E-state index contributed by atoms with van der Waals surface area (Å²) in [5, 5.41) is 9.10. The van der Waals surface area contributed by atoms with Crippen LogP contribution in [0.3, 0.4) is 0 Å². The summed E-state index contributed by atoms with van der Waals surface area (Å²) in [6.07, 6.45) is 7.68. The van der Waals surface area contributed by atoms with Crippen molar-refractivity contribution in [3.05, 3.63) is 34.9 Å². The van der Waals surface area contributed by atoms with Crippen molar-refractivity contribution in [2.24, 2.45) is 5.92 Å². The van der Waals surface area contributed by atoms with Crippen molar-refractivity contribution < 1.29 is 9.90 Å². The molecule has 0 spiro atoms. The molecular formula is C15H20O2. The number of carbonyl (C=O) groups is 1. The molecule has 0 radical (unpaired) electrons. The Balaban J connectivity index is 2.10. The summed E-state index contributed by atoms with van der Waals surface area (Å²) in [6, 6.07) is 5.87. The molecule has 1 fully saturated rings. The van der Waals surface area contributed by atoms with E-state index in [0.717, 1.165) is 17.9 Å². The molecule has 17 heavy (non-hydrogen) atoms. The largest absolute Gasteiger partial charge is 0.478 e. The maximum atomic E-state index is 11.1. The van der Waals surface area contributed by atoms with Crippen LogP contribution in [0.2, 0.25) is 0 Å². The van der Waals surface area contributed by atoms with Crippen molar-refractivity contribution in [3.8, 4) is 0 Å². The summed E-state index contributed by atoms with van der Waals surface area (Å²) in [6.45, 7) is 1.86. The summed E-state index contributed by atoms with van der Waals surface area (Å²) in [4.78, 5) is 11.1. The number of aromatic carboxylic acids is 1. The summed E-state index contributed by atoms with van der Waals surface area (Å²) < 4.78 is 0. The Labute approximate surface area is 103 Å². The van der Waals surface area contributed by atoms with Gasteiger partial charge in [0.25, 0.3) is 0 Å². The van der Waals surface area contributed by atoms with E-state index in [1.165, 1.54) is 37.7 Å². The molecule has 0 unspecified atom stereocenters. The predicted molar refractivity (Wildman–Crippen MR) is 68.4 cm³/mol. The lowest BCUT2D eigenvalue weighted by Crippen LogP contribution is -2.10. The fraction of sp³-hybridized carbons (Fsp3) is 0.533. The van der Waals surface area contributed by atoms with Crippen LogP contribution >= 0.6 is 0 Å². The van der Waals surface area contributed by atoms with Gasteiger partial charge in [-0.25, -0.2) is 4.79 Å². The standard InChI is InChI=1S/C15H20O2/c1-11-7-8-13(10-14(11)15(16)17)9-12-5-3-2-4-6-12/h7-8,10,12H,2-6,9H2,1H3,(H,16,17). The number of hydrogen-bond donors (Lipinski definition) is 1. The van der Waals surface area contributed by atoms with Gasteiger partial charge in [-0.05, 0) is 36.5 Å². The van der Waals surface area contributed by atoms with Crippen LogP contribution < -0.4 is 0 Å². The summed E-state index contributed by atoms with van der Waals surface area (Å²) in [5.41, 5.74) is 2.49. The van der Waals surface area contributed by atoms with Gasteiger partial charge in [0.2, 0.25) is 0 Å². The Morgan fingerprint density at radius 1 is 1.29 bits per heavy atom. The van der Waals surface area contributed by atoms with E-state index in [1.807, 2.05) is 19.1 Å². The first kappa shape index (κ1) is 12.2. The Kier molecular flexibility index (Phi) is 3.82. The first-order chi connectivity index (χ1) is 8.16. The molecular weight excluding hydrogens is 212 g/mol. The van der Waals surface area contributed by atoms with Gasteiger partial charge in [-0.3, -0.25) is 0 Å². The summed E-state index contributed by atoms with van der Waals surface area (Å²) in [5.74, 6) is -0.0545. The van der Waals surface area contributed by atoms with Gasteiger partial charge < -0.3 is 5.11 Å². The minimum Gasteiger partial charge on any atom is -0.478 e. The first-order valence-corrected chi connectivity index (χ1v) is 6.49. The number of rotatable bonds is 3. The molecule has 0 aliphatic heterocycles. The smallest absolute Gasteiger partial charge is 0.335 e. The summed E-state index contributed by atoms with van der Waals surface area (Å²) in [7, 11) is 0. The van der Waals surface area contributed by atoms with Crippen LogP contribution in [0, 0.1) is 12.8 Å². The molecule has 0 atom stereocenters. The molecule has 92 valence electrons. The van der Waals surface area contributed by atoms with E-state index in [1.54, 1.807) is 0 Å². The zero-order valence-corrected chi connectivity index (χ0v) is 10.4. The monoisotopic (exact) mass is 232 g/mol. The Bertz CT molecular complexity index is 403. The van der Waals surface area contributed by atoms with Gasteiger partial charge in [0.15, 0.2) is 0 Å². The van der Waals surface area contributed by atoms with Crippen LogP contribution in [0.1, 0.15) is 53.6 Å². The molecule has 0 heterocycles. The zero-order chi connectivity index (χ0) is 12.3. The molecule has 2 heteroatoms. The van der Waals surface area contributed by atoms with Gasteiger partial charge in [-0.1, -0.05) is 44.2 Å². The maximum Gasteiger partial charge on any atom is 0.335 e. The summed E-state index contributed by atoms with van der Waals surface area (Å²) >= 11 is 0. The number of aryl methyl sites for hydroxylation is 1. The topological polar surface area (TPSA) is 37.3 Å². The van der Waals surface area contributed by atoms with E-state index < -0.39 is 5.97 Å². The molecule has 1 aromatic carbocycles. The number of benzene rings is 1. The molecule has 0 bridgehead atoms. The average Bonchev–Trinajstić information content (AvgIpc) is 2.32. The highest BCUT2D eigenvalue weighted by atomic mass is 16.4. The SMILES string of the molecule is Cc1ccc(CC2CCCCC2)cc1C(=O)O. The van der Waals surface area contributed by atoms with Crippen molar-refractivity contribution in [1.82, 2.24) is 0 Å². The second kappa shape index (κ2) is 5.35. The van der Waals surface area contributed by atoms with Gasteiger partial charge in [0.05, 0.1) is 5.56 Å². The number of hydrogen-bond acceptors (Lipinski definition) is 1. The van der Waals surface area contributed by atoms with Crippen LogP contribution in [0.5, 0.6) is 0 Å². The third kappa shape index (κ3) is 3.09. The van der Waals surface area contributed by atoms with Crippen LogP contribution in [-0.4, -0.2) is 11.1 Å². The normalized spacial score (nSPS) is 17.0. The molecule has 0 saturated heterocycles. The van der Waals surface area contributed by atoms with Gasteiger partial charge in [-0.2, -0.15) is 0 Å². The van der Waals surface area contributed by atoms with Gasteiger partial charge >= 0.3 is 5.97 Å². The molecule has 1 aromatic rings. The van der Waals surface area contributed by atoms with E-state index in [2.05, 4.69) is 6.07 Å². The minimum atomic E-state index is -0.812. The van der Waals surface area contributed by atoms with E-state index in [4.69, 9.17) is 5.11 Å². The Morgan fingerprint density at radius 3 is 2.65 bits per heavy atom. The second-order valence-corrected chi connectivity index (χ2v) is 5.16. The van der Waals surface area contributed by atoms with Crippen LogP contribution in [0.25, 0.3) is 0 Å². The van der Waals surface area contributed by atoms with Crippen molar-refractivity contribution in [3.63, 3.8) is 0 Å². The lowest BCUT2D eigenvalue weighted by atomic mass is 9.84. The Morgan fingerprint density at radius 2 is 2.00 bits per heavy atom. The highest BCUT2D eigenvalue weighted by molar-refractivity contribution is 5.89. The highest BCUT2D eigenvalue weighted by Gasteiger charge is 2.15. The van der Waals surface area contributed by atoms with E-state index in [9.17, 15) is 4.79 Å². The highest BCUT2D eigenvalue weighted by Crippen LogP contribution is 2.27. The van der Waals surface area contributed by atoms with Gasteiger partial charge in [0.1, 0.15) is 0 Å². The zero-order valence-electron chi connectivity index (χ0n) is 10.4. The molecule has 0 aromatic heterocycles. The third-order valence-corrected chi connectivity index (χ3v) is 3.78. The Hall–Kier alpha value is -1.31. The molecule has 0 amide bonds. The first-order valence-electron chi connectivity index (χ1n) is 6.49. The second-order valence-electron chi connectivity index (χ2n) is 5.16. The van der Waals surface area contributed by atoms with Crippen molar-refractivity contribution in [2.75, 3.05) is 0 Å². The lowest BCUT2D eigenvalue weighted by Gasteiger charge is -2.21. The van der Waals surface area contributed by atoms with Gasteiger partial charge in [-0.15, -0.1) is 0 Å². The average molecular weight is 232 g/mol. The van der Waals surface area contributed by atoms with Gasteiger partial charge in [0, 0.05) is 0 Å². The fourth-order valence-corrected chi connectivity index (χ4v) is 2.75. The molecule has 1 saturated carbocycles. The predicted octanol–water partition coefficient (Wildman–Crippen LogP) is 3.82. The number of carboxylic acids is 1. The van der Waals surface area contributed by atoms with E-state index in [0.29, 0.717) is 5.56 Å². The van der Waals surface area contributed by atoms with Crippen molar-refractivity contribution >= 4 is 5.97 Å². The number of carboxylic acid groups (broad SMARTS) is 1.